The second-order valence-electron chi connectivity index (χ2n) is 4.46. The number of hydrogen-bond acceptors (Lipinski definition) is 2. The minimum absolute atomic E-state index is 0.751. The largest absolute Gasteiger partial charge is 0.324 e. The lowest BCUT2D eigenvalue weighted by molar-refractivity contribution is 0.593. The van der Waals surface area contributed by atoms with Crippen LogP contribution in [0.25, 0.3) is 0 Å². The molecule has 1 aromatic carbocycles. The lowest BCUT2D eigenvalue weighted by atomic mass is 9.91. The smallest absolute Gasteiger partial charge is 0.0487 e. The van der Waals surface area contributed by atoms with E-state index in [1.807, 2.05) is 6.07 Å². The van der Waals surface area contributed by atoms with Gasteiger partial charge in [0.25, 0.3) is 0 Å². The fourth-order valence-electron chi connectivity index (χ4n) is 2.50. The number of hydrogen-bond donors (Lipinski definition) is 2. The number of nitrogens with two attached hydrogens (primary N) is 1. The van der Waals surface area contributed by atoms with Crippen molar-refractivity contribution in [3.8, 4) is 0 Å². The highest BCUT2D eigenvalue weighted by atomic mass is 15.2. The minimum atomic E-state index is 0.751. The first-order valence-electron chi connectivity index (χ1n) is 5.97. The summed E-state index contributed by atoms with van der Waals surface area (Å²) in [5.41, 5.74) is 5.20. The molecule has 3 N–H and O–H groups in total. The number of nitrogen functional groups attached to an aromatic ring is 1. The second kappa shape index (κ2) is 5.17. The van der Waals surface area contributed by atoms with Crippen molar-refractivity contribution in [1.29, 1.82) is 0 Å². The second-order valence-corrected chi connectivity index (χ2v) is 4.46. The van der Waals surface area contributed by atoms with E-state index < -0.39 is 0 Å². The summed E-state index contributed by atoms with van der Waals surface area (Å²) in [5, 5.41) is 0. The van der Waals surface area contributed by atoms with E-state index in [0.29, 0.717) is 0 Å². The monoisotopic (exact) mass is 204 g/mol. The third kappa shape index (κ3) is 2.72. The molecular formula is C13H20N2. The zero-order valence-corrected chi connectivity index (χ0v) is 9.21. The Kier molecular flexibility index (Phi) is 3.62. The maximum Gasteiger partial charge on any atom is 0.0487 e. The van der Waals surface area contributed by atoms with Crippen LogP contribution in [0.4, 0.5) is 5.69 Å². The molecule has 1 fully saturated rings. The van der Waals surface area contributed by atoms with Gasteiger partial charge in [0.05, 0.1) is 0 Å². The number of nitrogens with one attached hydrogen (secondary N) is 1. The third-order valence-electron chi connectivity index (χ3n) is 3.38. The molecule has 1 aromatic rings. The van der Waals surface area contributed by atoms with E-state index in [9.17, 15) is 0 Å². The van der Waals surface area contributed by atoms with Crippen LogP contribution in [0.3, 0.4) is 0 Å². The fourth-order valence-corrected chi connectivity index (χ4v) is 2.50. The minimum Gasteiger partial charge on any atom is -0.324 e. The van der Waals surface area contributed by atoms with Gasteiger partial charge in [0.2, 0.25) is 0 Å². The molecule has 0 radical (unpaired) electrons. The van der Waals surface area contributed by atoms with Crippen molar-refractivity contribution in [2.24, 2.45) is 5.84 Å². The topological polar surface area (TPSA) is 38.0 Å². The summed E-state index contributed by atoms with van der Waals surface area (Å²) in [6.45, 7) is 0. The molecule has 0 aliphatic heterocycles. The van der Waals surface area contributed by atoms with Crippen molar-refractivity contribution < 1.29 is 0 Å². The normalized spacial score (nSPS) is 18.5. The van der Waals surface area contributed by atoms with Crippen molar-refractivity contribution >= 4 is 5.69 Å². The lowest BCUT2D eigenvalue weighted by Crippen LogP contribution is -2.07. The standard InChI is InChI=1S/C13H20N2/c14-15-13-9-5-8-12(10-13)11-6-3-1-2-4-7-11/h5,8-11,15H,1-4,6-7,14H2. The molecule has 0 atom stereocenters. The first kappa shape index (κ1) is 10.5. The van der Waals surface area contributed by atoms with Gasteiger partial charge in [0, 0.05) is 5.69 Å². The van der Waals surface area contributed by atoms with Crippen molar-refractivity contribution in [2.45, 2.75) is 44.4 Å². The summed E-state index contributed by atoms with van der Waals surface area (Å²) in [4.78, 5) is 0. The van der Waals surface area contributed by atoms with Gasteiger partial charge in [-0.15, -0.1) is 0 Å². The molecule has 0 amide bonds. The lowest BCUT2D eigenvalue weighted by Gasteiger charge is -2.15. The number of benzene rings is 1. The van der Waals surface area contributed by atoms with E-state index in [1.54, 1.807) is 0 Å². The summed E-state index contributed by atoms with van der Waals surface area (Å²) in [7, 11) is 0. The van der Waals surface area contributed by atoms with Gasteiger partial charge in [-0.3, -0.25) is 5.84 Å². The first-order chi connectivity index (χ1) is 7.40. The molecule has 2 nitrogen and oxygen atoms in total. The Morgan fingerprint density at radius 1 is 1.07 bits per heavy atom. The van der Waals surface area contributed by atoms with Gasteiger partial charge >= 0.3 is 0 Å². The van der Waals surface area contributed by atoms with Crippen LogP contribution in [-0.4, -0.2) is 0 Å². The Morgan fingerprint density at radius 3 is 2.47 bits per heavy atom. The highest BCUT2D eigenvalue weighted by Gasteiger charge is 2.14. The average Bonchev–Trinajstić information content (AvgIpc) is 2.58. The molecule has 15 heavy (non-hydrogen) atoms. The molecule has 1 saturated carbocycles. The number of anilines is 1. The zero-order valence-electron chi connectivity index (χ0n) is 9.21. The molecule has 2 rings (SSSR count). The molecule has 0 aromatic heterocycles. The summed E-state index contributed by atoms with van der Waals surface area (Å²) >= 11 is 0. The van der Waals surface area contributed by atoms with Gasteiger partial charge in [-0.2, -0.15) is 0 Å². The Hall–Kier alpha value is -1.02. The summed E-state index contributed by atoms with van der Waals surface area (Å²) in [6.07, 6.45) is 8.26. The van der Waals surface area contributed by atoms with Crippen LogP contribution in [0.2, 0.25) is 0 Å². The number of hydrazine groups is 1. The molecule has 0 heterocycles. The Morgan fingerprint density at radius 2 is 1.80 bits per heavy atom. The van der Waals surface area contributed by atoms with Crippen molar-refractivity contribution in [2.75, 3.05) is 5.43 Å². The van der Waals surface area contributed by atoms with Gasteiger partial charge in [-0.25, -0.2) is 0 Å². The van der Waals surface area contributed by atoms with E-state index in [-0.39, 0.29) is 0 Å². The highest BCUT2D eigenvalue weighted by Crippen LogP contribution is 2.32. The van der Waals surface area contributed by atoms with E-state index >= 15 is 0 Å². The Bertz CT molecular complexity index is 301. The van der Waals surface area contributed by atoms with E-state index in [0.717, 1.165) is 11.6 Å². The third-order valence-corrected chi connectivity index (χ3v) is 3.38. The summed E-state index contributed by atoms with van der Waals surface area (Å²) in [6, 6.07) is 8.53. The van der Waals surface area contributed by atoms with Crippen LogP contribution >= 0.6 is 0 Å². The van der Waals surface area contributed by atoms with Crippen LogP contribution in [0.1, 0.15) is 50.0 Å². The molecule has 1 aliphatic carbocycles. The molecule has 0 saturated heterocycles. The molecule has 82 valence electrons. The van der Waals surface area contributed by atoms with Crippen LogP contribution in [0, 0.1) is 0 Å². The average molecular weight is 204 g/mol. The Balaban J connectivity index is 2.12. The predicted molar refractivity (Wildman–Crippen MR) is 64.7 cm³/mol. The molecule has 0 bridgehead atoms. The van der Waals surface area contributed by atoms with E-state index in [2.05, 4.69) is 23.6 Å². The molecular weight excluding hydrogens is 184 g/mol. The molecule has 0 spiro atoms. The highest BCUT2D eigenvalue weighted by molar-refractivity contribution is 5.45. The van der Waals surface area contributed by atoms with Crippen LogP contribution < -0.4 is 11.3 Å². The first-order valence-corrected chi connectivity index (χ1v) is 5.97. The van der Waals surface area contributed by atoms with Crippen molar-refractivity contribution in [3.63, 3.8) is 0 Å². The fraction of sp³-hybridized carbons (Fsp3) is 0.538. The van der Waals surface area contributed by atoms with Crippen LogP contribution in [-0.2, 0) is 0 Å². The maximum atomic E-state index is 5.43. The summed E-state index contributed by atoms with van der Waals surface area (Å²) < 4.78 is 0. The van der Waals surface area contributed by atoms with Gasteiger partial charge in [0.1, 0.15) is 0 Å². The number of rotatable bonds is 2. The van der Waals surface area contributed by atoms with Gasteiger partial charge in [-0.05, 0) is 36.5 Å². The summed E-state index contributed by atoms with van der Waals surface area (Å²) in [5.74, 6) is 6.18. The van der Waals surface area contributed by atoms with Crippen molar-refractivity contribution in [3.05, 3.63) is 29.8 Å². The van der Waals surface area contributed by atoms with Crippen LogP contribution in [0.5, 0.6) is 0 Å². The predicted octanol–water partition coefficient (Wildman–Crippen LogP) is 3.41. The molecule has 0 unspecified atom stereocenters. The van der Waals surface area contributed by atoms with Crippen molar-refractivity contribution in [1.82, 2.24) is 0 Å². The van der Waals surface area contributed by atoms with Gasteiger partial charge < -0.3 is 5.43 Å². The van der Waals surface area contributed by atoms with E-state index in [4.69, 9.17) is 5.84 Å². The SMILES string of the molecule is NNc1cccc(C2CCCCCC2)c1. The molecule has 2 heteroatoms. The van der Waals surface area contributed by atoms with Crippen LogP contribution in [0.15, 0.2) is 24.3 Å². The van der Waals surface area contributed by atoms with E-state index in [1.165, 1.54) is 44.1 Å². The molecule has 1 aliphatic rings. The van der Waals surface area contributed by atoms with Gasteiger partial charge in [-0.1, -0.05) is 37.8 Å². The zero-order chi connectivity index (χ0) is 10.5. The Labute approximate surface area is 91.8 Å². The maximum absolute atomic E-state index is 5.43. The van der Waals surface area contributed by atoms with Gasteiger partial charge in [0.15, 0.2) is 0 Å². The quantitative estimate of drug-likeness (QED) is 0.440.